The Hall–Kier alpha value is -1.74. The summed E-state index contributed by atoms with van der Waals surface area (Å²) in [4.78, 5) is 0. The van der Waals surface area contributed by atoms with Gasteiger partial charge in [0, 0.05) is 18.0 Å². The highest BCUT2D eigenvalue weighted by atomic mass is 16.5. The lowest BCUT2D eigenvalue weighted by atomic mass is 10.1. The molecule has 1 aromatic carbocycles. The van der Waals surface area contributed by atoms with Gasteiger partial charge in [-0.25, -0.2) is 0 Å². The third kappa shape index (κ3) is 4.36. The number of furan rings is 1. The van der Waals surface area contributed by atoms with Crippen LogP contribution >= 0.6 is 0 Å². The molecule has 1 unspecified atom stereocenters. The van der Waals surface area contributed by atoms with E-state index in [1.165, 1.54) is 5.56 Å². The van der Waals surface area contributed by atoms with Crippen molar-refractivity contribution in [2.24, 2.45) is 0 Å². The molecule has 1 N–H and O–H groups in total. The second kappa shape index (κ2) is 7.32. The van der Waals surface area contributed by atoms with Gasteiger partial charge in [0.05, 0.1) is 12.6 Å². The molecule has 3 heteroatoms. The van der Waals surface area contributed by atoms with Crippen LogP contribution in [0.25, 0.3) is 0 Å². The van der Waals surface area contributed by atoms with Gasteiger partial charge in [-0.05, 0) is 39.0 Å². The maximum atomic E-state index is 5.88. The molecule has 0 aliphatic carbocycles. The van der Waals surface area contributed by atoms with Crippen molar-refractivity contribution in [2.45, 2.75) is 52.8 Å². The zero-order valence-electron chi connectivity index (χ0n) is 13.3. The highest BCUT2D eigenvalue weighted by Gasteiger charge is 2.12. The summed E-state index contributed by atoms with van der Waals surface area (Å²) in [6, 6.07) is 12.5. The fraction of sp³-hybridized carbons (Fsp3) is 0.444. The summed E-state index contributed by atoms with van der Waals surface area (Å²) < 4.78 is 11.6. The minimum Gasteiger partial charge on any atom is -0.491 e. The number of hydrogen-bond donors (Lipinski definition) is 1. The van der Waals surface area contributed by atoms with Crippen molar-refractivity contribution < 1.29 is 9.15 Å². The molecule has 114 valence electrons. The molecule has 0 saturated carbocycles. The van der Waals surface area contributed by atoms with Crippen molar-refractivity contribution in [1.82, 2.24) is 5.32 Å². The third-order valence-electron chi connectivity index (χ3n) is 3.40. The first kappa shape index (κ1) is 15.6. The highest BCUT2D eigenvalue weighted by Crippen LogP contribution is 2.26. The Morgan fingerprint density at radius 1 is 1.05 bits per heavy atom. The van der Waals surface area contributed by atoms with Crippen LogP contribution in [0, 0.1) is 0 Å². The molecule has 0 saturated heterocycles. The van der Waals surface area contributed by atoms with Crippen molar-refractivity contribution in [2.75, 3.05) is 0 Å². The molecule has 2 aromatic rings. The number of hydrogen-bond acceptors (Lipinski definition) is 3. The first-order chi connectivity index (χ1) is 10.1. The normalized spacial score (nSPS) is 12.6. The van der Waals surface area contributed by atoms with Gasteiger partial charge in [0.1, 0.15) is 17.3 Å². The second-order valence-electron chi connectivity index (χ2n) is 5.53. The fourth-order valence-electron chi connectivity index (χ4n) is 2.27. The summed E-state index contributed by atoms with van der Waals surface area (Å²) in [6.45, 7) is 9.05. The number of nitrogens with one attached hydrogen (secondary N) is 1. The summed E-state index contributed by atoms with van der Waals surface area (Å²) in [5.74, 6) is 2.95. The van der Waals surface area contributed by atoms with Gasteiger partial charge in [0.2, 0.25) is 0 Å². The molecule has 2 rings (SSSR count). The van der Waals surface area contributed by atoms with Crippen molar-refractivity contribution in [1.29, 1.82) is 0 Å². The van der Waals surface area contributed by atoms with Crippen LogP contribution in [0.15, 0.2) is 40.8 Å². The molecule has 0 aliphatic heterocycles. The van der Waals surface area contributed by atoms with E-state index in [9.17, 15) is 0 Å². The zero-order chi connectivity index (χ0) is 15.2. The Bertz CT molecular complexity index is 560. The number of ether oxygens (including phenoxy) is 1. The van der Waals surface area contributed by atoms with E-state index < -0.39 is 0 Å². The monoisotopic (exact) mass is 287 g/mol. The van der Waals surface area contributed by atoms with Crippen LogP contribution < -0.4 is 10.1 Å². The molecular weight excluding hydrogens is 262 g/mol. The van der Waals surface area contributed by atoms with E-state index in [4.69, 9.17) is 9.15 Å². The van der Waals surface area contributed by atoms with Gasteiger partial charge in [-0.2, -0.15) is 0 Å². The van der Waals surface area contributed by atoms with Gasteiger partial charge in [0.15, 0.2) is 0 Å². The minimum absolute atomic E-state index is 0.176. The molecule has 0 radical (unpaired) electrons. The molecule has 3 nitrogen and oxygen atoms in total. The number of benzene rings is 1. The fourth-order valence-corrected chi connectivity index (χ4v) is 2.27. The third-order valence-corrected chi connectivity index (χ3v) is 3.40. The minimum atomic E-state index is 0.176. The molecular formula is C18H25NO2. The second-order valence-corrected chi connectivity index (χ2v) is 5.53. The Morgan fingerprint density at radius 3 is 2.43 bits per heavy atom. The van der Waals surface area contributed by atoms with Gasteiger partial charge >= 0.3 is 0 Å². The lowest BCUT2D eigenvalue weighted by Crippen LogP contribution is -2.19. The Balaban J connectivity index is 2.01. The summed E-state index contributed by atoms with van der Waals surface area (Å²) >= 11 is 0. The molecule has 0 aliphatic rings. The van der Waals surface area contributed by atoms with Crippen LogP contribution in [-0.4, -0.2) is 6.10 Å². The van der Waals surface area contributed by atoms with Gasteiger partial charge in [-0.3, -0.25) is 0 Å². The summed E-state index contributed by atoms with van der Waals surface area (Å²) in [5.41, 5.74) is 1.17. The summed E-state index contributed by atoms with van der Waals surface area (Å²) in [5, 5.41) is 3.49. The quantitative estimate of drug-likeness (QED) is 0.815. The van der Waals surface area contributed by atoms with Crippen molar-refractivity contribution in [3.05, 3.63) is 53.5 Å². The van der Waals surface area contributed by atoms with Crippen molar-refractivity contribution in [3.8, 4) is 5.75 Å². The molecule has 1 aromatic heterocycles. The molecule has 1 heterocycles. The lowest BCUT2D eigenvalue weighted by molar-refractivity contribution is 0.238. The topological polar surface area (TPSA) is 34.4 Å². The van der Waals surface area contributed by atoms with Crippen LogP contribution in [0.4, 0.5) is 0 Å². The van der Waals surface area contributed by atoms with Crippen LogP contribution in [-0.2, 0) is 13.0 Å². The number of para-hydroxylation sites is 1. The molecule has 0 fully saturated rings. The number of rotatable bonds is 7. The average molecular weight is 287 g/mol. The zero-order valence-corrected chi connectivity index (χ0v) is 13.3. The van der Waals surface area contributed by atoms with Crippen molar-refractivity contribution in [3.63, 3.8) is 0 Å². The average Bonchev–Trinajstić information content (AvgIpc) is 2.93. The van der Waals surface area contributed by atoms with E-state index >= 15 is 0 Å². The van der Waals surface area contributed by atoms with Gasteiger partial charge in [-0.15, -0.1) is 0 Å². The molecule has 0 amide bonds. The van der Waals surface area contributed by atoms with Crippen LogP contribution in [0.3, 0.4) is 0 Å². The van der Waals surface area contributed by atoms with Crippen LogP contribution in [0.5, 0.6) is 5.75 Å². The molecule has 0 spiro atoms. The molecule has 21 heavy (non-hydrogen) atoms. The van der Waals surface area contributed by atoms with Crippen molar-refractivity contribution >= 4 is 0 Å². The first-order valence-electron chi connectivity index (χ1n) is 7.66. The Labute approximate surface area is 127 Å². The van der Waals surface area contributed by atoms with E-state index in [0.29, 0.717) is 0 Å². The van der Waals surface area contributed by atoms with E-state index in [0.717, 1.165) is 30.2 Å². The van der Waals surface area contributed by atoms with Gasteiger partial charge in [0.25, 0.3) is 0 Å². The lowest BCUT2D eigenvalue weighted by Gasteiger charge is -2.19. The summed E-state index contributed by atoms with van der Waals surface area (Å²) in [6.07, 6.45) is 1.11. The predicted molar refractivity (Wildman–Crippen MR) is 85.5 cm³/mol. The summed E-state index contributed by atoms with van der Waals surface area (Å²) in [7, 11) is 0. The van der Waals surface area contributed by atoms with Gasteiger partial charge < -0.3 is 14.5 Å². The number of aryl methyl sites for hydroxylation is 1. The van der Waals surface area contributed by atoms with Gasteiger partial charge in [-0.1, -0.05) is 25.1 Å². The van der Waals surface area contributed by atoms with Crippen LogP contribution in [0.2, 0.25) is 0 Å². The van der Waals surface area contributed by atoms with E-state index in [1.54, 1.807) is 0 Å². The molecule has 0 bridgehead atoms. The Kier molecular flexibility index (Phi) is 5.45. The standard InChI is InChI=1S/C18H25NO2/c1-5-15-10-11-16(21-15)12-19-14(4)17-8-6-7-9-18(17)20-13(2)3/h6-11,13-14,19H,5,12H2,1-4H3. The van der Waals surface area contributed by atoms with E-state index in [1.807, 2.05) is 44.2 Å². The highest BCUT2D eigenvalue weighted by molar-refractivity contribution is 5.35. The van der Waals surface area contributed by atoms with E-state index in [2.05, 4.69) is 25.2 Å². The smallest absolute Gasteiger partial charge is 0.124 e. The maximum absolute atomic E-state index is 5.88. The Morgan fingerprint density at radius 2 is 1.76 bits per heavy atom. The maximum Gasteiger partial charge on any atom is 0.124 e. The SMILES string of the molecule is CCc1ccc(CNC(C)c2ccccc2OC(C)C)o1. The van der Waals surface area contributed by atoms with Crippen LogP contribution in [0.1, 0.15) is 50.8 Å². The predicted octanol–water partition coefficient (Wildman–Crippen LogP) is 4.48. The molecule has 1 atom stereocenters. The first-order valence-corrected chi connectivity index (χ1v) is 7.66. The largest absolute Gasteiger partial charge is 0.491 e. The van der Waals surface area contributed by atoms with E-state index in [-0.39, 0.29) is 12.1 Å².